The van der Waals surface area contributed by atoms with E-state index in [0.29, 0.717) is 6.42 Å². The first-order valence-electron chi connectivity index (χ1n) is 9.70. The summed E-state index contributed by atoms with van der Waals surface area (Å²) in [5.41, 5.74) is 3.40. The Kier molecular flexibility index (Phi) is 6.28. The van der Waals surface area contributed by atoms with Crippen molar-refractivity contribution in [1.82, 2.24) is 10.2 Å². The summed E-state index contributed by atoms with van der Waals surface area (Å²) in [6, 6.07) is 18.3. The number of nitrogens with zero attached hydrogens (tertiary/aromatic N) is 1. The normalized spacial score (nSPS) is 17.6. The second-order valence-corrected chi connectivity index (χ2v) is 7.44. The van der Waals surface area contributed by atoms with Gasteiger partial charge in [0.25, 0.3) is 0 Å². The lowest BCUT2D eigenvalue weighted by atomic mass is 10.0. The molecule has 1 aliphatic heterocycles. The molecule has 3 rings (SSSR count). The van der Waals surface area contributed by atoms with Gasteiger partial charge in [-0.1, -0.05) is 60.2 Å². The average molecular weight is 364 g/mol. The maximum absolute atomic E-state index is 13.1. The minimum absolute atomic E-state index is 0.115. The summed E-state index contributed by atoms with van der Waals surface area (Å²) in [4.78, 5) is 26.7. The topological polar surface area (TPSA) is 49.4 Å². The molecule has 142 valence electrons. The van der Waals surface area contributed by atoms with Crippen LogP contribution in [0, 0.1) is 6.92 Å². The Hall–Kier alpha value is -2.62. The highest BCUT2D eigenvalue weighted by Gasteiger charge is 2.30. The predicted octanol–water partition coefficient (Wildman–Crippen LogP) is 3.80. The SMILES string of the molecule is CC(=O)NC(CC(=O)N1CCCC1Cc1ccccc1)c1ccc(C)cc1. The molecule has 1 heterocycles. The zero-order valence-corrected chi connectivity index (χ0v) is 16.2. The van der Waals surface area contributed by atoms with E-state index < -0.39 is 0 Å². The van der Waals surface area contributed by atoms with Gasteiger partial charge >= 0.3 is 0 Å². The van der Waals surface area contributed by atoms with Crippen LogP contribution in [-0.4, -0.2) is 29.3 Å². The average Bonchev–Trinajstić information content (AvgIpc) is 3.10. The summed E-state index contributed by atoms with van der Waals surface area (Å²) in [7, 11) is 0. The van der Waals surface area contributed by atoms with E-state index in [-0.39, 0.29) is 23.9 Å². The Balaban J connectivity index is 1.70. The van der Waals surface area contributed by atoms with Crippen molar-refractivity contribution in [2.45, 2.75) is 51.6 Å². The van der Waals surface area contributed by atoms with Crippen molar-refractivity contribution in [2.24, 2.45) is 0 Å². The van der Waals surface area contributed by atoms with Crippen LogP contribution in [0.5, 0.6) is 0 Å². The number of benzene rings is 2. The van der Waals surface area contributed by atoms with Crippen LogP contribution in [0.4, 0.5) is 0 Å². The lowest BCUT2D eigenvalue weighted by Gasteiger charge is -2.27. The molecule has 1 fully saturated rings. The van der Waals surface area contributed by atoms with Gasteiger partial charge in [0, 0.05) is 19.5 Å². The molecule has 4 heteroatoms. The van der Waals surface area contributed by atoms with Crippen LogP contribution in [0.3, 0.4) is 0 Å². The molecule has 0 aliphatic carbocycles. The molecule has 2 aromatic rings. The quantitative estimate of drug-likeness (QED) is 0.848. The molecule has 2 unspecified atom stereocenters. The van der Waals surface area contributed by atoms with Crippen LogP contribution in [0.1, 0.15) is 48.9 Å². The standard InChI is InChI=1S/C23H28N2O2/c1-17-10-12-20(13-11-17)22(24-18(2)26)16-23(27)25-14-6-9-21(25)15-19-7-4-3-5-8-19/h3-5,7-8,10-13,21-22H,6,9,14-16H2,1-2H3,(H,24,26). The number of hydrogen-bond acceptors (Lipinski definition) is 2. The van der Waals surface area contributed by atoms with E-state index in [2.05, 4.69) is 17.4 Å². The second kappa shape index (κ2) is 8.85. The highest BCUT2D eigenvalue weighted by Crippen LogP contribution is 2.25. The monoisotopic (exact) mass is 364 g/mol. The molecule has 0 saturated carbocycles. The van der Waals surface area contributed by atoms with Gasteiger partial charge in [0.05, 0.1) is 12.5 Å². The van der Waals surface area contributed by atoms with Crippen molar-refractivity contribution >= 4 is 11.8 Å². The zero-order valence-electron chi connectivity index (χ0n) is 16.2. The van der Waals surface area contributed by atoms with Crippen LogP contribution in [0.15, 0.2) is 54.6 Å². The Morgan fingerprint density at radius 3 is 2.48 bits per heavy atom. The van der Waals surface area contributed by atoms with Crippen LogP contribution >= 0.6 is 0 Å². The maximum atomic E-state index is 13.1. The lowest BCUT2D eigenvalue weighted by molar-refractivity contribution is -0.132. The molecule has 0 aromatic heterocycles. The summed E-state index contributed by atoms with van der Waals surface area (Å²) in [6.07, 6.45) is 3.27. The highest BCUT2D eigenvalue weighted by molar-refractivity contribution is 5.79. The summed E-state index contributed by atoms with van der Waals surface area (Å²) in [5, 5.41) is 2.95. The molecule has 0 spiro atoms. The number of rotatable bonds is 6. The number of amides is 2. The van der Waals surface area contributed by atoms with E-state index in [1.165, 1.54) is 12.5 Å². The van der Waals surface area contributed by atoms with Crippen molar-refractivity contribution in [3.05, 3.63) is 71.3 Å². The number of carbonyl (C=O) groups is 2. The van der Waals surface area contributed by atoms with Crippen molar-refractivity contribution in [3.8, 4) is 0 Å². The van der Waals surface area contributed by atoms with Gasteiger partial charge in [-0.25, -0.2) is 0 Å². The van der Waals surface area contributed by atoms with E-state index in [1.807, 2.05) is 54.3 Å². The third-order valence-corrected chi connectivity index (χ3v) is 5.25. The fourth-order valence-electron chi connectivity index (χ4n) is 3.85. The number of likely N-dealkylation sites (tertiary alicyclic amines) is 1. The van der Waals surface area contributed by atoms with Gasteiger partial charge in [0.1, 0.15) is 0 Å². The van der Waals surface area contributed by atoms with Gasteiger partial charge in [0.15, 0.2) is 0 Å². The molecule has 0 bridgehead atoms. The Bertz CT molecular complexity index is 771. The lowest BCUT2D eigenvalue weighted by Crippen LogP contribution is -2.39. The van der Waals surface area contributed by atoms with Gasteiger partial charge in [-0.05, 0) is 37.3 Å². The highest BCUT2D eigenvalue weighted by atomic mass is 16.2. The zero-order chi connectivity index (χ0) is 19.2. The minimum Gasteiger partial charge on any atom is -0.349 e. The van der Waals surface area contributed by atoms with E-state index in [9.17, 15) is 9.59 Å². The van der Waals surface area contributed by atoms with E-state index >= 15 is 0 Å². The van der Waals surface area contributed by atoms with E-state index in [4.69, 9.17) is 0 Å². The molecule has 4 nitrogen and oxygen atoms in total. The van der Waals surface area contributed by atoms with E-state index in [1.54, 1.807) is 0 Å². The molecule has 2 aromatic carbocycles. The van der Waals surface area contributed by atoms with Gasteiger partial charge in [0.2, 0.25) is 11.8 Å². The molecule has 1 N–H and O–H groups in total. The molecule has 2 atom stereocenters. The van der Waals surface area contributed by atoms with Crippen molar-refractivity contribution in [2.75, 3.05) is 6.54 Å². The molecule has 1 aliphatic rings. The predicted molar refractivity (Wildman–Crippen MR) is 107 cm³/mol. The van der Waals surface area contributed by atoms with E-state index in [0.717, 1.165) is 36.9 Å². The van der Waals surface area contributed by atoms with Crippen molar-refractivity contribution < 1.29 is 9.59 Å². The van der Waals surface area contributed by atoms with Crippen LogP contribution < -0.4 is 5.32 Å². The maximum Gasteiger partial charge on any atom is 0.225 e. The summed E-state index contributed by atoms with van der Waals surface area (Å²) in [5.74, 6) is 0.00314. The molecular formula is C23H28N2O2. The third-order valence-electron chi connectivity index (χ3n) is 5.25. The number of nitrogens with one attached hydrogen (secondary N) is 1. The fraction of sp³-hybridized carbons (Fsp3) is 0.391. The molecule has 1 saturated heterocycles. The van der Waals surface area contributed by atoms with Crippen molar-refractivity contribution in [1.29, 1.82) is 0 Å². The first-order valence-corrected chi connectivity index (χ1v) is 9.70. The van der Waals surface area contributed by atoms with Gasteiger partial charge in [-0.3, -0.25) is 9.59 Å². The Labute approximate surface area is 161 Å². The third kappa shape index (κ3) is 5.19. The molecule has 27 heavy (non-hydrogen) atoms. The fourth-order valence-corrected chi connectivity index (χ4v) is 3.85. The first kappa shape index (κ1) is 19.2. The van der Waals surface area contributed by atoms with Crippen LogP contribution in [-0.2, 0) is 16.0 Å². The molecule has 0 radical (unpaired) electrons. The van der Waals surface area contributed by atoms with Crippen LogP contribution in [0.25, 0.3) is 0 Å². The summed E-state index contributed by atoms with van der Waals surface area (Å²) < 4.78 is 0. The van der Waals surface area contributed by atoms with Gasteiger partial charge in [-0.2, -0.15) is 0 Å². The van der Waals surface area contributed by atoms with Crippen molar-refractivity contribution in [3.63, 3.8) is 0 Å². The summed E-state index contributed by atoms with van der Waals surface area (Å²) in [6.45, 7) is 4.33. The van der Waals surface area contributed by atoms with Crippen LogP contribution in [0.2, 0.25) is 0 Å². The number of carbonyl (C=O) groups excluding carboxylic acids is 2. The van der Waals surface area contributed by atoms with Gasteiger partial charge < -0.3 is 10.2 Å². The molecule has 2 amide bonds. The largest absolute Gasteiger partial charge is 0.349 e. The molecular weight excluding hydrogens is 336 g/mol. The minimum atomic E-state index is -0.284. The Morgan fingerprint density at radius 1 is 1.11 bits per heavy atom. The smallest absolute Gasteiger partial charge is 0.225 e. The Morgan fingerprint density at radius 2 is 1.81 bits per heavy atom. The number of aryl methyl sites for hydroxylation is 1. The van der Waals surface area contributed by atoms with Gasteiger partial charge in [-0.15, -0.1) is 0 Å². The summed E-state index contributed by atoms with van der Waals surface area (Å²) >= 11 is 0. The first-order chi connectivity index (χ1) is 13.0. The second-order valence-electron chi connectivity index (χ2n) is 7.44. The number of hydrogen-bond donors (Lipinski definition) is 1.